The van der Waals surface area contributed by atoms with Crippen molar-refractivity contribution in [1.82, 2.24) is 4.98 Å². The van der Waals surface area contributed by atoms with Crippen molar-refractivity contribution in [2.24, 2.45) is 4.99 Å². The van der Waals surface area contributed by atoms with Gasteiger partial charge < -0.3 is 15.3 Å². The Bertz CT molecular complexity index is 1320. The number of nitriles is 1. The molecule has 1 aromatic heterocycles. The van der Waals surface area contributed by atoms with Gasteiger partial charge in [-0.1, -0.05) is 39.8 Å². The van der Waals surface area contributed by atoms with E-state index in [0.717, 1.165) is 48.8 Å². The van der Waals surface area contributed by atoms with E-state index in [4.69, 9.17) is 10.4 Å². The number of hydrogen-bond donors (Lipinski definition) is 2. The van der Waals surface area contributed by atoms with Crippen LogP contribution in [-0.4, -0.2) is 53.6 Å². The SMILES string of the molecule is CC.CC(=O)C(=O)c1ccc(C(=O)O)cc1.CCCN(CCC)c1ccc(C(=NC)Nc2ccc(C#N)cc2)cn1. The van der Waals surface area contributed by atoms with E-state index in [1.54, 1.807) is 19.2 Å². The number of hydrogen-bond acceptors (Lipinski definition) is 7. The molecule has 0 saturated heterocycles. The highest BCUT2D eigenvalue weighted by molar-refractivity contribution is 6.42. The molecule has 9 heteroatoms. The van der Waals surface area contributed by atoms with Gasteiger partial charge in [0.15, 0.2) is 5.78 Å². The Balaban J connectivity index is 0.000000445. The second-order valence-electron chi connectivity index (χ2n) is 8.55. The summed E-state index contributed by atoms with van der Waals surface area (Å²) in [5.41, 5.74) is 2.76. The number of aliphatic imine (C=N–C) groups is 1. The Morgan fingerprint density at radius 1 is 0.902 bits per heavy atom. The zero-order valence-electron chi connectivity index (χ0n) is 24.6. The van der Waals surface area contributed by atoms with Crippen LogP contribution in [0.2, 0.25) is 0 Å². The number of carboxylic acids is 1. The van der Waals surface area contributed by atoms with Crippen LogP contribution in [0.4, 0.5) is 11.5 Å². The van der Waals surface area contributed by atoms with E-state index >= 15 is 0 Å². The first-order valence-corrected chi connectivity index (χ1v) is 13.6. The molecule has 0 aliphatic heterocycles. The number of carboxylic acid groups (broad SMARTS) is 1. The molecule has 1 heterocycles. The predicted octanol–water partition coefficient (Wildman–Crippen LogP) is 6.25. The number of ketones is 2. The van der Waals surface area contributed by atoms with Gasteiger partial charge in [-0.05, 0) is 61.4 Å². The summed E-state index contributed by atoms with van der Waals surface area (Å²) in [5.74, 6) is -0.482. The van der Waals surface area contributed by atoms with Crippen molar-refractivity contribution in [3.63, 3.8) is 0 Å². The largest absolute Gasteiger partial charge is 0.478 e. The van der Waals surface area contributed by atoms with E-state index in [9.17, 15) is 14.4 Å². The summed E-state index contributed by atoms with van der Waals surface area (Å²) in [6, 6.07) is 18.7. The minimum Gasteiger partial charge on any atom is -0.478 e. The molecule has 2 N–H and O–H groups in total. The summed E-state index contributed by atoms with van der Waals surface area (Å²) >= 11 is 0. The Morgan fingerprint density at radius 3 is 1.85 bits per heavy atom. The average molecular weight is 558 g/mol. The van der Waals surface area contributed by atoms with E-state index in [0.29, 0.717) is 5.56 Å². The third-order valence-electron chi connectivity index (χ3n) is 5.55. The Kier molecular flexibility index (Phi) is 15.4. The molecule has 0 amide bonds. The van der Waals surface area contributed by atoms with Crippen LogP contribution in [0, 0.1) is 11.3 Å². The minimum absolute atomic E-state index is 0.0881. The maximum Gasteiger partial charge on any atom is 0.335 e. The van der Waals surface area contributed by atoms with Crippen molar-refractivity contribution < 1.29 is 19.5 Å². The second kappa shape index (κ2) is 18.4. The number of aromatic nitrogens is 1. The highest BCUT2D eigenvalue weighted by atomic mass is 16.4. The van der Waals surface area contributed by atoms with Crippen molar-refractivity contribution in [1.29, 1.82) is 5.26 Å². The van der Waals surface area contributed by atoms with Gasteiger partial charge in [-0.2, -0.15) is 5.26 Å². The lowest BCUT2D eigenvalue weighted by molar-refractivity contribution is -0.113. The third-order valence-corrected chi connectivity index (χ3v) is 5.55. The van der Waals surface area contributed by atoms with Crippen molar-refractivity contribution in [2.75, 3.05) is 30.4 Å². The first kappa shape index (κ1) is 34.2. The number of aromatic carboxylic acids is 1. The normalized spacial score (nSPS) is 10.1. The van der Waals surface area contributed by atoms with Gasteiger partial charge in [0, 0.05) is 50.1 Å². The molecule has 3 aromatic rings. The molecule has 0 unspecified atom stereocenters. The van der Waals surface area contributed by atoms with Crippen LogP contribution in [0.15, 0.2) is 71.9 Å². The lowest BCUT2D eigenvalue weighted by Gasteiger charge is -2.22. The Hall–Kier alpha value is -4.84. The number of Topliss-reactive ketones (excluding diaryl/α,β-unsaturated/α-hetero) is 2. The van der Waals surface area contributed by atoms with E-state index < -0.39 is 17.5 Å². The van der Waals surface area contributed by atoms with Gasteiger partial charge in [0.05, 0.1) is 17.2 Å². The number of carbonyl (C=O) groups is 3. The van der Waals surface area contributed by atoms with Gasteiger partial charge in [-0.3, -0.25) is 14.6 Å². The summed E-state index contributed by atoms with van der Waals surface area (Å²) in [4.78, 5) is 43.5. The molecule has 0 spiro atoms. The molecule has 9 nitrogen and oxygen atoms in total. The van der Waals surface area contributed by atoms with Crippen LogP contribution >= 0.6 is 0 Å². The number of rotatable bonds is 10. The van der Waals surface area contributed by atoms with Crippen molar-refractivity contribution >= 4 is 34.9 Å². The zero-order chi connectivity index (χ0) is 30.8. The fraction of sp³-hybridized carbons (Fsp3) is 0.312. The van der Waals surface area contributed by atoms with E-state index in [-0.39, 0.29) is 11.1 Å². The lowest BCUT2D eigenvalue weighted by atomic mass is 10.1. The Labute approximate surface area is 242 Å². The molecule has 0 fully saturated rings. The molecular formula is C32H39N5O4. The fourth-order valence-corrected chi connectivity index (χ4v) is 3.58. The van der Waals surface area contributed by atoms with Crippen LogP contribution in [0.5, 0.6) is 0 Å². The molecule has 0 aliphatic carbocycles. The van der Waals surface area contributed by atoms with Gasteiger partial charge in [0.2, 0.25) is 5.78 Å². The van der Waals surface area contributed by atoms with Crippen molar-refractivity contribution in [3.8, 4) is 6.07 Å². The number of amidine groups is 1. The Morgan fingerprint density at radius 2 is 1.44 bits per heavy atom. The number of carbonyl (C=O) groups excluding carboxylic acids is 2. The fourth-order valence-electron chi connectivity index (χ4n) is 3.58. The summed E-state index contributed by atoms with van der Waals surface area (Å²) in [7, 11) is 1.75. The van der Waals surface area contributed by atoms with Crippen LogP contribution in [-0.2, 0) is 4.79 Å². The topological polar surface area (TPSA) is 136 Å². The number of benzene rings is 2. The second-order valence-corrected chi connectivity index (χ2v) is 8.55. The van der Waals surface area contributed by atoms with Crippen LogP contribution in [0.25, 0.3) is 0 Å². The van der Waals surface area contributed by atoms with Crippen molar-refractivity contribution in [2.45, 2.75) is 47.5 Å². The summed E-state index contributed by atoms with van der Waals surface area (Å²) < 4.78 is 0. The standard InChI is InChI=1S/C20H25N5.C10H8O4.C2H6/c1-4-12-25(13-5-2)19-11-8-17(15-23-19)20(22-3)24-18-9-6-16(14-21)7-10-18;1-6(11)9(12)7-2-4-8(5-3-7)10(13)14;1-2/h6-11,15H,4-5,12-13H2,1-3H3,(H,22,24);2-5H,1H3,(H,13,14);1-2H3. The molecule has 216 valence electrons. The predicted molar refractivity (Wildman–Crippen MR) is 164 cm³/mol. The zero-order valence-corrected chi connectivity index (χ0v) is 24.6. The van der Waals surface area contributed by atoms with Crippen LogP contribution < -0.4 is 10.2 Å². The first-order valence-electron chi connectivity index (χ1n) is 13.6. The number of nitrogens with one attached hydrogen (secondary N) is 1. The highest BCUT2D eigenvalue weighted by Gasteiger charge is 2.12. The molecule has 2 aromatic carbocycles. The maximum atomic E-state index is 11.1. The molecule has 0 radical (unpaired) electrons. The lowest BCUT2D eigenvalue weighted by Crippen LogP contribution is -2.26. The van der Waals surface area contributed by atoms with Gasteiger partial charge in [-0.15, -0.1) is 0 Å². The van der Waals surface area contributed by atoms with Gasteiger partial charge in [-0.25, -0.2) is 9.78 Å². The van der Waals surface area contributed by atoms with E-state index in [1.807, 2.05) is 44.3 Å². The quantitative estimate of drug-likeness (QED) is 0.129. The third kappa shape index (κ3) is 11.0. The summed E-state index contributed by atoms with van der Waals surface area (Å²) in [6.45, 7) is 11.6. The van der Waals surface area contributed by atoms with E-state index in [2.05, 4.69) is 40.1 Å². The molecule has 0 saturated carbocycles. The highest BCUT2D eigenvalue weighted by Crippen LogP contribution is 2.15. The molecule has 3 rings (SSSR count). The molecule has 0 bridgehead atoms. The summed E-state index contributed by atoms with van der Waals surface area (Å²) in [5, 5.41) is 20.7. The van der Waals surface area contributed by atoms with Gasteiger partial charge in [0.25, 0.3) is 0 Å². The van der Waals surface area contributed by atoms with Gasteiger partial charge >= 0.3 is 5.97 Å². The van der Waals surface area contributed by atoms with Crippen molar-refractivity contribution in [3.05, 3.63) is 89.1 Å². The number of pyridine rings is 1. The smallest absolute Gasteiger partial charge is 0.335 e. The minimum atomic E-state index is -1.06. The van der Waals surface area contributed by atoms with Crippen LogP contribution in [0.1, 0.15) is 79.3 Å². The van der Waals surface area contributed by atoms with E-state index in [1.165, 1.54) is 31.2 Å². The monoisotopic (exact) mass is 557 g/mol. The first-order chi connectivity index (χ1) is 19.7. The molecular weight excluding hydrogens is 518 g/mol. The number of anilines is 2. The van der Waals surface area contributed by atoms with Crippen LogP contribution in [0.3, 0.4) is 0 Å². The van der Waals surface area contributed by atoms with Gasteiger partial charge in [0.1, 0.15) is 11.7 Å². The molecule has 41 heavy (non-hydrogen) atoms. The molecule has 0 aliphatic rings. The molecule has 0 atom stereocenters. The average Bonchev–Trinajstić information content (AvgIpc) is 3.01. The maximum absolute atomic E-state index is 11.1. The summed E-state index contributed by atoms with van der Waals surface area (Å²) in [6.07, 6.45) is 4.06. The number of nitrogens with zero attached hydrogens (tertiary/aromatic N) is 4.